The number of anilines is 1. The summed E-state index contributed by atoms with van der Waals surface area (Å²) in [5, 5.41) is 3.28. The van der Waals surface area contributed by atoms with Crippen molar-refractivity contribution in [3.63, 3.8) is 0 Å². The first kappa shape index (κ1) is 40.6. The third-order valence-corrected chi connectivity index (χ3v) is 13.6. The second-order valence-electron chi connectivity index (χ2n) is 17.3. The maximum atomic E-state index is 14.7. The van der Waals surface area contributed by atoms with Gasteiger partial charge in [0.1, 0.15) is 6.04 Å². The summed E-state index contributed by atoms with van der Waals surface area (Å²) in [6.45, 7) is 11.6. The van der Waals surface area contributed by atoms with E-state index < -0.39 is 12.0 Å². The van der Waals surface area contributed by atoms with E-state index in [9.17, 15) is 19.2 Å². The lowest BCUT2D eigenvalue weighted by Gasteiger charge is -2.39. The molecule has 0 spiro atoms. The van der Waals surface area contributed by atoms with E-state index in [0.717, 1.165) is 71.6 Å². The van der Waals surface area contributed by atoms with Crippen LogP contribution in [0, 0.1) is 24.7 Å². The Balaban J connectivity index is 0.980. The quantitative estimate of drug-likeness (QED) is 0.265. The molecule has 1 N–H and O–H groups in total. The van der Waals surface area contributed by atoms with Crippen molar-refractivity contribution in [3.8, 4) is 0 Å². The van der Waals surface area contributed by atoms with E-state index in [0.29, 0.717) is 83.8 Å². The molecule has 0 radical (unpaired) electrons. The smallest absolute Gasteiger partial charge is 0.245 e. The van der Waals surface area contributed by atoms with Gasteiger partial charge in [-0.2, -0.15) is 0 Å². The predicted octanol–water partition coefficient (Wildman–Crippen LogP) is 5.27. The number of carbonyl (C=O) groups excluding carboxylic acids is 4. The fourth-order valence-electron chi connectivity index (χ4n) is 9.98. The summed E-state index contributed by atoms with van der Waals surface area (Å²) in [6, 6.07) is 15.6. The molecular formula is C48H59N7O4. The van der Waals surface area contributed by atoms with Crippen molar-refractivity contribution in [1.29, 1.82) is 0 Å². The van der Waals surface area contributed by atoms with Crippen LogP contribution in [0.25, 0.3) is 6.08 Å². The van der Waals surface area contributed by atoms with Crippen molar-refractivity contribution in [1.82, 2.24) is 25.0 Å². The topological polar surface area (TPSA) is 119 Å². The van der Waals surface area contributed by atoms with Crippen LogP contribution in [0.5, 0.6) is 0 Å². The Kier molecular flexibility index (Phi) is 12.7. The highest BCUT2D eigenvalue weighted by Crippen LogP contribution is 2.33. The minimum atomic E-state index is -0.665. The van der Waals surface area contributed by atoms with Crippen molar-refractivity contribution in [3.05, 3.63) is 99.9 Å². The number of piperazine rings is 1. The Morgan fingerprint density at radius 1 is 0.864 bits per heavy atom. The largest absolute Gasteiger partial charge is 0.368 e. The third kappa shape index (κ3) is 9.51. The standard InChI is InChI=1S/C48H59N7O4/c1-3-52-16-10-34(11-17-52)27-44(48(59)55-22-20-53(21-23-55)41-8-14-49-15-9-41)51-47(58)39(25-35-24-33(2)43-32-50-31-40(43)26-35)30-46(57)54-18-12-36(13-19-54)42-28-37-6-4-5-7-38(37)29-45(42)56/h4-9,14-15,24,26,28,31,34,36,39,44H,3,10-13,16-23,25,27,29-30,32H2,1-2H3,(H,51,58)/t39-,44-/m0/s1. The van der Waals surface area contributed by atoms with E-state index in [1.807, 2.05) is 46.3 Å². The number of benzene rings is 2. The summed E-state index contributed by atoms with van der Waals surface area (Å²) < 4.78 is 0. The Bertz CT molecular complexity index is 2080. The highest BCUT2D eigenvalue weighted by atomic mass is 16.2. The molecule has 3 amide bonds. The molecule has 11 nitrogen and oxygen atoms in total. The summed E-state index contributed by atoms with van der Waals surface area (Å²) in [5.74, 6) is -0.374. The number of Topliss-reactive ketones (excluding diaryl/α,β-unsaturated/α-hetero) is 1. The molecule has 4 aliphatic heterocycles. The molecule has 5 heterocycles. The van der Waals surface area contributed by atoms with Gasteiger partial charge in [0.2, 0.25) is 17.7 Å². The molecule has 8 rings (SSSR count). The zero-order valence-electron chi connectivity index (χ0n) is 34.8. The number of ketones is 1. The van der Waals surface area contributed by atoms with Crippen LogP contribution in [0.2, 0.25) is 0 Å². The summed E-state index contributed by atoms with van der Waals surface area (Å²) in [7, 11) is 0. The van der Waals surface area contributed by atoms with Gasteiger partial charge in [-0.1, -0.05) is 37.3 Å². The average molecular weight is 798 g/mol. The van der Waals surface area contributed by atoms with Crippen LogP contribution in [0.1, 0.15) is 78.8 Å². The Morgan fingerprint density at radius 2 is 1.61 bits per heavy atom. The van der Waals surface area contributed by atoms with Gasteiger partial charge in [-0.3, -0.25) is 29.2 Å². The number of rotatable bonds is 12. The molecule has 2 aromatic carbocycles. The van der Waals surface area contributed by atoms with Crippen LogP contribution in [0.15, 0.2) is 71.5 Å². The summed E-state index contributed by atoms with van der Waals surface area (Å²) in [5.41, 5.74) is 8.54. The van der Waals surface area contributed by atoms with Crippen molar-refractivity contribution in [2.75, 3.05) is 63.8 Å². The number of hydrogen-bond donors (Lipinski definition) is 1. The van der Waals surface area contributed by atoms with Gasteiger partial charge in [0.25, 0.3) is 0 Å². The SMILES string of the molecule is CCN1CCC(C[C@H](NC(=O)[C@H](CC(=O)N2CCC(C3=Cc4ccccc4CC3=O)CC2)Cc2cc(C)c3c(c2)C=NC3)C(=O)N2CCN(c3ccncc3)CC2)CC1. The summed E-state index contributed by atoms with van der Waals surface area (Å²) in [4.78, 5) is 73.8. The molecule has 1 aliphatic carbocycles. The molecule has 59 heavy (non-hydrogen) atoms. The van der Waals surface area contributed by atoms with E-state index in [2.05, 4.69) is 63.2 Å². The number of fused-ring (bicyclic) bond motifs is 2. The van der Waals surface area contributed by atoms with Crippen LogP contribution >= 0.6 is 0 Å². The fraction of sp³-hybridized carbons (Fsp3) is 0.500. The predicted molar refractivity (Wildman–Crippen MR) is 231 cm³/mol. The van der Waals surface area contributed by atoms with E-state index in [1.54, 1.807) is 12.4 Å². The molecular weight excluding hydrogens is 739 g/mol. The molecule has 3 saturated heterocycles. The zero-order valence-corrected chi connectivity index (χ0v) is 34.8. The van der Waals surface area contributed by atoms with Crippen molar-refractivity contribution in [2.24, 2.45) is 22.7 Å². The number of likely N-dealkylation sites (tertiary alicyclic amines) is 2. The lowest BCUT2D eigenvalue weighted by molar-refractivity contribution is -0.140. The molecule has 3 aromatic rings. The van der Waals surface area contributed by atoms with Gasteiger partial charge >= 0.3 is 0 Å². The van der Waals surface area contributed by atoms with Crippen molar-refractivity contribution in [2.45, 2.75) is 77.8 Å². The lowest BCUT2D eigenvalue weighted by atomic mass is 9.80. The average Bonchev–Trinajstić information content (AvgIpc) is 3.76. The Hall–Kier alpha value is -5.16. The van der Waals surface area contributed by atoms with Crippen molar-refractivity contribution >= 4 is 41.5 Å². The number of nitrogens with zero attached hydrogens (tertiary/aromatic N) is 6. The Morgan fingerprint density at radius 3 is 2.36 bits per heavy atom. The second-order valence-corrected chi connectivity index (χ2v) is 17.3. The lowest BCUT2D eigenvalue weighted by Crippen LogP contribution is -2.56. The molecule has 310 valence electrons. The number of allylic oxidation sites excluding steroid dienone is 1. The molecule has 2 atom stereocenters. The maximum absolute atomic E-state index is 14.7. The first-order valence-corrected chi connectivity index (χ1v) is 21.9. The van der Waals surface area contributed by atoms with Crippen LogP contribution < -0.4 is 10.2 Å². The number of piperidine rings is 2. The van der Waals surface area contributed by atoms with Crippen LogP contribution in [-0.2, 0) is 38.6 Å². The number of nitrogens with one attached hydrogen (secondary N) is 1. The third-order valence-electron chi connectivity index (χ3n) is 13.6. The summed E-state index contributed by atoms with van der Waals surface area (Å²) >= 11 is 0. The number of carbonyl (C=O) groups is 4. The van der Waals surface area contributed by atoms with Crippen molar-refractivity contribution < 1.29 is 19.2 Å². The van der Waals surface area contributed by atoms with E-state index in [1.165, 1.54) is 5.56 Å². The van der Waals surface area contributed by atoms with Gasteiger partial charge in [0.15, 0.2) is 5.78 Å². The normalized spacial score (nSPS) is 19.9. The first-order chi connectivity index (χ1) is 28.7. The van der Waals surface area contributed by atoms with Gasteiger partial charge in [-0.25, -0.2) is 0 Å². The Labute approximate surface area is 348 Å². The number of aryl methyl sites for hydroxylation is 1. The molecule has 1 aromatic heterocycles. The number of pyridine rings is 1. The van der Waals surface area contributed by atoms with Crippen LogP contribution in [-0.4, -0.2) is 114 Å². The number of amides is 3. The molecule has 11 heteroatoms. The molecule has 0 unspecified atom stereocenters. The highest BCUT2D eigenvalue weighted by molar-refractivity contribution is 6.04. The van der Waals surface area contributed by atoms with Gasteiger partial charge in [-0.15, -0.1) is 0 Å². The zero-order chi connectivity index (χ0) is 40.9. The minimum Gasteiger partial charge on any atom is -0.368 e. The fourth-order valence-corrected chi connectivity index (χ4v) is 9.98. The molecule has 5 aliphatic rings. The number of aromatic nitrogens is 1. The first-order valence-electron chi connectivity index (χ1n) is 21.9. The molecule has 0 saturated carbocycles. The second kappa shape index (κ2) is 18.4. The van der Waals surface area contributed by atoms with Gasteiger partial charge in [0, 0.05) is 76.4 Å². The number of hydrogen-bond acceptors (Lipinski definition) is 8. The van der Waals surface area contributed by atoms with Gasteiger partial charge < -0.3 is 24.9 Å². The molecule has 3 fully saturated rings. The van der Waals surface area contributed by atoms with E-state index in [-0.39, 0.29) is 35.8 Å². The molecule has 0 bridgehead atoms. The minimum absolute atomic E-state index is 0.0310. The van der Waals surface area contributed by atoms with E-state index in [4.69, 9.17) is 0 Å². The maximum Gasteiger partial charge on any atom is 0.245 e. The monoisotopic (exact) mass is 797 g/mol. The van der Waals surface area contributed by atoms with Crippen LogP contribution in [0.4, 0.5) is 5.69 Å². The van der Waals surface area contributed by atoms with Gasteiger partial charge in [-0.05, 0) is 140 Å². The van der Waals surface area contributed by atoms with E-state index >= 15 is 0 Å². The van der Waals surface area contributed by atoms with Crippen LogP contribution in [0.3, 0.4) is 0 Å². The summed E-state index contributed by atoms with van der Waals surface area (Å²) in [6.07, 6.45) is 12.4. The number of aliphatic imine (C=N–C) groups is 1. The highest BCUT2D eigenvalue weighted by Gasteiger charge is 2.36. The van der Waals surface area contributed by atoms with Gasteiger partial charge in [0.05, 0.1) is 12.5 Å².